The first-order chi connectivity index (χ1) is 5.39. The summed E-state index contributed by atoms with van der Waals surface area (Å²) in [5, 5.41) is 17.3. The summed E-state index contributed by atoms with van der Waals surface area (Å²) >= 11 is 0. The van der Waals surface area contributed by atoms with Crippen LogP contribution in [0.5, 0.6) is 0 Å². The molecule has 0 spiro atoms. The second kappa shape index (κ2) is 4.67. The van der Waals surface area contributed by atoms with Gasteiger partial charge in [0.1, 0.15) is 0 Å². The fraction of sp³-hybridized carbons (Fsp3) is 1.00. The van der Waals surface area contributed by atoms with Gasteiger partial charge in [0, 0.05) is 0 Å². The third-order valence-electron chi connectivity index (χ3n) is 1.55. The maximum Gasteiger partial charge on any atom is 0.416 e. The Morgan fingerprint density at radius 2 is 1.75 bits per heavy atom. The van der Waals surface area contributed by atoms with Gasteiger partial charge in [0.25, 0.3) is 0 Å². The zero-order valence-electron chi connectivity index (χ0n) is 6.80. The minimum atomic E-state index is -4.72. The van der Waals surface area contributed by atoms with Gasteiger partial charge in [0.2, 0.25) is 0 Å². The molecule has 74 valence electrons. The average molecular weight is 186 g/mol. The highest BCUT2D eigenvalue weighted by Gasteiger charge is 2.42. The Labute approximate surface area is 69.0 Å². The van der Waals surface area contributed by atoms with Crippen LogP contribution in [-0.4, -0.2) is 28.6 Å². The van der Waals surface area contributed by atoms with Crippen molar-refractivity contribution in [3.05, 3.63) is 0 Å². The summed E-state index contributed by atoms with van der Waals surface area (Å²) in [6, 6.07) is 0. The molecule has 0 aromatic carbocycles. The van der Waals surface area contributed by atoms with E-state index in [0.29, 0.717) is 12.8 Å². The van der Waals surface area contributed by atoms with E-state index in [-0.39, 0.29) is 6.42 Å². The fourth-order valence-corrected chi connectivity index (χ4v) is 0.789. The van der Waals surface area contributed by atoms with Crippen molar-refractivity contribution in [2.75, 3.05) is 0 Å². The summed E-state index contributed by atoms with van der Waals surface area (Å²) < 4.78 is 35.2. The largest absolute Gasteiger partial charge is 0.416 e. The Morgan fingerprint density at radius 3 is 2.08 bits per heavy atom. The van der Waals surface area contributed by atoms with E-state index in [0.717, 1.165) is 0 Å². The third kappa shape index (κ3) is 3.92. The summed E-state index contributed by atoms with van der Waals surface area (Å²) in [4.78, 5) is 0. The molecular weight excluding hydrogens is 173 g/mol. The number of aliphatic hydroxyl groups is 2. The van der Waals surface area contributed by atoms with Gasteiger partial charge >= 0.3 is 6.18 Å². The number of hydrogen-bond donors (Lipinski definition) is 2. The quantitative estimate of drug-likeness (QED) is 0.697. The Morgan fingerprint density at radius 1 is 1.25 bits per heavy atom. The van der Waals surface area contributed by atoms with Crippen LogP contribution in [-0.2, 0) is 0 Å². The molecule has 0 radical (unpaired) electrons. The van der Waals surface area contributed by atoms with Crippen molar-refractivity contribution in [2.24, 2.45) is 0 Å². The smallest absolute Gasteiger partial charge is 0.390 e. The molecule has 0 aliphatic heterocycles. The molecule has 12 heavy (non-hydrogen) atoms. The molecule has 0 bridgehead atoms. The molecule has 2 atom stereocenters. The Kier molecular flexibility index (Phi) is 4.55. The van der Waals surface area contributed by atoms with Crippen LogP contribution in [0.1, 0.15) is 26.2 Å². The van der Waals surface area contributed by atoms with Gasteiger partial charge in [-0.1, -0.05) is 19.8 Å². The van der Waals surface area contributed by atoms with E-state index in [2.05, 4.69) is 0 Å². The van der Waals surface area contributed by atoms with Gasteiger partial charge in [-0.3, -0.25) is 0 Å². The minimum Gasteiger partial charge on any atom is -0.390 e. The first kappa shape index (κ1) is 11.7. The number of alkyl halides is 3. The van der Waals surface area contributed by atoms with Gasteiger partial charge in [-0.2, -0.15) is 13.2 Å². The van der Waals surface area contributed by atoms with Gasteiger partial charge in [0.05, 0.1) is 6.10 Å². The van der Waals surface area contributed by atoms with Gasteiger partial charge in [-0.25, -0.2) is 0 Å². The number of hydrogen-bond acceptors (Lipinski definition) is 2. The lowest BCUT2D eigenvalue weighted by Gasteiger charge is -2.19. The van der Waals surface area contributed by atoms with Gasteiger partial charge in [-0.05, 0) is 6.42 Å². The van der Waals surface area contributed by atoms with E-state index in [4.69, 9.17) is 10.2 Å². The molecule has 0 fully saturated rings. The van der Waals surface area contributed by atoms with Crippen LogP contribution in [0, 0.1) is 0 Å². The van der Waals surface area contributed by atoms with Crippen molar-refractivity contribution in [3.63, 3.8) is 0 Å². The summed E-state index contributed by atoms with van der Waals surface area (Å²) in [6.07, 6.45) is -7.85. The summed E-state index contributed by atoms with van der Waals surface area (Å²) in [6.45, 7) is 1.80. The van der Waals surface area contributed by atoms with E-state index >= 15 is 0 Å². The van der Waals surface area contributed by atoms with Gasteiger partial charge in [-0.15, -0.1) is 0 Å². The summed E-state index contributed by atoms with van der Waals surface area (Å²) in [5.41, 5.74) is 0. The molecule has 5 heteroatoms. The predicted molar refractivity (Wildman–Crippen MR) is 37.6 cm³/mol. The summed E-state index contributed by atoms with van der Waals surface area (Å²) in [7, 11) is 0. The van der Waals surface area contributed by atoms with Crippen molar-refractivity contribution >= 4 is 0 Å². The molecule has 0 aliphatic carbocycles. The molecule has 0 rings (SSSR count). The molecule has 2 nitrogen and oxygen atoms in total. The van der Waals surface area contributed by atoms with Crippen LogP contribution >= 0.6 is 0 Å². The average Bonchev–Trinajstić information content (AvgIpc) is 1.97. The molecule has 0 saturated heterocycles. The highest BCUT2D eigenvalue weighted by atomic mass is 19.4. The predicted octanol–water partition coefficient (Wildman–Crippen LogP) is 1.46. The van der Waals surface area contributed by atoms with Crippen LogP contribution in [0.2, 0.25) is 0 Å². The van der Waals surface area contributed by atoms with Crippen molar-refractivity contribution in [3.8, 4) is 0 Å². The number of halogens is 3. The van der Waals surface area contributed by atoms with Gasteiger partial charge < -0.3 is 10.2 Å². The van der Waals surface area contributed by atoms with E-state index in [9.17, 15) is 13.2 Å². The zero-order chi connectivity index (χ0) is 9.78. The van der Waals surface area contributed by atoms with Crippen LogP contribution in [0.4, 0.5) is 13.2 Å². The molecule has 0 aromatic rings. The lowest BCUT2D eigenvalue weighted by atomic mass is 10.1. The molecule has 0 aliphatic rings. The van der Waals surface area contributed by atoms with Crippen LogP contribution in [0.3, 0.4) is 0 Å². The number of unbranched alkanes of at least 4 members (excludes halogenated alkanes) is 1. The molecule has 0 unspecified atom stereocenters. The van der Waals surface area contributed by atoms with Crippen molar-refractivity contribution in [1.82, 2.24) is 0 Å². The molecule has 0 heterocycles. The Bertz CT molecular complexity index is 124. The van der Waals surface area contributed by atoms with E-state index in [1.807, 2.05) is 0 Å². The Hall–Kier alpha value is -0.290. The highest BCUT2D eigenvalue weighted by Crippen LogP contribution is 2.24. The maximum atomic E-state index is 11.7. The molecule has 0 saturated carbocycles. The zero-order valence-corrected chi connectivity index (χ0v) is 6.80. The SMILES string of the molecule is CCCC[C@H](O)[C@H](O)C(F)(F)F. The standard InChI is InChI=1S/C7H13F3O2/c1-2-3-4-5(11)6(12)7(8,9)10/h5-6,11-12H,2-4H2,1H3/t5-,6-/m0/s1. The van der Waals surface area contributed by atoms with Crippen LogP contribution in [0.15, 0.2) is 0 Å². The third-order valence-corrected chi connectivity index (χ3v) is 1.55. The van der Waals surface area contributed by atoms with Crippen molar-refractivity contribution in [1.29, 1.82) is 0 Å². The van der Waals surface area contributed by atoms with Crippen LogP contribution in [0.25, 0.3) is 0 Å². The molecule has 0 aromatic heterocycles. The van der Waals surface area contributed by atoms with Gasteiger partial charge in [0.15, 0.2) is 6.10 Å². The summed E-state index contributed by atoms with van der Waals surface area (Å²) in [5.74, 6) is 0. The first-order valence-corrected chi connectivity index (χ1v) is 3.82. The second-order valence-electron chi connectivity index (χ2n) is 2.70. The topological polar surface area (TPSA) is 40.5 Å². The fourth-order valence-electron chi connectivity index (χ4n) is 0.789. The maximum absolute atomic E-state index is 11.7. The molecule has 0 amide bonds. The molecule has 2 N–H and O–H groups in total. The van der Waals surface area contributed by atoms with Crippen molar-refractivity contribution in [2.45, 2.75) is 44.6 Å². The second-order valence-corrected chi connectivity index (χ2v) is 2.70. The minimum absolute atomic E-state index is 0.0167. The normalized spacial score (nSPS) is 17.5. The van der Waals surface area contributed by atoms with E-state index in [1.54, 1.807) is 6.92 Å². The monoisotopic (exact) mass is 186 g/mol. The van der Waals surface area contributed by atoms with Crippen LogP contribution < -0.4 is 0 Å². The lowest BCUT2D eigenvalue weighted by Crippen LogP contribution is -2.39. The number of aliphatic hydroxyl groups excluding tert-OH is 2. The Balaban J connectivity index is 3.84. The van der Waals surface area contributed by atoms with Crippen molar-refractivity contribution < 1.29 is 23.4 Å². The first-order valence-electron chi connectivity index (χ1n) is 3.82. The van der Waals surface area contributed by atoms with E-state index < -0.39 is 18.4 Å². The number of rotatable bonds is 4. The van der Waals surface area contributed by atoms with E-state index in [1.165, 1.54) is 0 Å². The molecular formula is C7H13F3O2. The highest BCUT2D eigenvalue weighted by molar-refractivity contribution is 4.73. The lowest BCUT2D eigenvalue weighted by molar-refractivity contribution is -0.230.